The molecule has 0 atom stereocenters. The number of carbonyl (C=O) groups is 1. The van der Waals surface area contributed by atoms with E-state index in [1.54, 1.807) is 13.0 Å². The van der Waals surface area contributed by atoms with Gasteiger partial charge in [0, 0.05) is 11.6 Å². The van der Waals surface area contributed by atoms with Crippen LogP contribution in [-0.4, -0.2) is 11.1 Å². The minimum atomic E-state index is -1.05. The summed E-state index contributed by atoms with van der Waals surface area (Å²) in [4.78, 5) is 11.3. The standard InChI is InChI=1S/C26H20F2O3/c1-16-21(14-25(29)30)23-12-19(27)13-24(28)26(23)22(16)11-17-7-9-18(10-8-17)15-31-20-5-3-2-4-6-20/h2-13H,14-15H2,1H3,(H,29,30)/b22-11+. The Balaban J connectivity index is 1.63. The van der Waals surface area contributed by atoms with Gasteiger partial charge in [0.25, 0.3) is 0 Å². The molecule has 3 aromatic rings. The maximum absolute atomic E-state index is 14.6. The van der Waals surface area contributed by atoms with Crippen LogP contribution in [0.2, 0.25) is 0 Å². The summed E-state index contributed by atoms with van der Waals surface area (Å²) in [5.74, 6) is -1.69. The number of carboxylic acids is 1. The monoisotopic (exact) mass is 418 g/mol. The molecule has 156 valence electrons. The maximum atomic E-state index is 14.6. The molecule has 31 heavy (non-hydrogen) atoms. The molecule has 0 bridgehead atoms. The zero-order chi connectivity index (χ0) is 22.0. The Morgan fingerprint density at radius 1 is 1.03 bits per heavy atom. The van der Waals surface area contributed by atoms with Crippen LogP contribution in [-0.2, 0) is 11.4 Å². The number of hydrogen-bond acceptors (Lipinski definition) is 2. The molecular weight excluding hydrogens is 398 g/mol. The number of halogens is 2. The second-order valence-corrected chi connectivity index (χ2v) is 7.39. The molecule has 0 saturated heterocycles. The zero-order valence-electron chi connectivity index (χ0n) is 16.9. The van der Waals surface area contributed by atoms with Crippen LogP contribution in [0.25, 0.3) is 17.2 Å². The smallest absolute Gasteiger partial charge is 0.307 e. The van der Waals surface area contributed by atoms with Crippen LogP contribution in [0, 0.1) is 11.6 Å². The summed E-state index contributed by atoms with van der Waals surface area (Å²) in [6.07, 6.45) is 1.50. The summed E-state index contributed by atoms with van der Waals surface area (Å²) < 4.78 is 34.2. The van der Waals surface area contributed by atoms with Crippen molar-refractivity contribution in [3.05, 3.63) is 106 Å². The van der Waals surface area contributed by atoms with Gasteiger partial charge in [-0.15, -0.1) is 0 Å². The van der Waals surface area contributed by atoms with Gasteiger partial charge in [-0.25, -0.2) is 8.78 Å². The lowest BCUT2D eigenvalue weighted by atomic mass is 9.99. The summed E-state index contributed by atoms with van der Waals surface area (Å²) >= 11 is 0. The maximum Gasteiger partial charge on any atom is 0.307 e. The predicted molar refractivity (Wildman–Crippen MR) is 116 cm³/mol. The molecule has 3 aromatic carbocycles. The predicted octanol–water partition coefficient (Wildman–Crippen LogP) is 6.35. The molecule has 0 aliphatic heterocycles. The molecule has 0 saturated carbocycles. The van der Waals surface area contributed by atoms with Gasteiger partial charge in [0.1, 0.15) is 24.0 Å². The minimum Gasteiger partial charge on any atom is -0.489 e. The van der Waals surface area contributed by atoms with Gasteiger partial charge in [-0.1, -0.05) is 42.5 Å². The number of fused-ring (bicyclic) bond motifs is 1. The number of hydrogen-bond donors (Lipinski definition) is 1. The quantitative estimate of drug-likeness (QED) is 0.508. The van der Waals surface area contributed by atoms with Crippen LogP contribution in [0.5, 0.6) is 5.75 Å². The van der Waals surface area contributed by atoms with E-state index < -0.39 is 17.6 Å². The molecule has 1 aliphatic carbocycles. The van der Waals surface area contributed by atoms with Gasteiger partial charge < -0.3 is 9.84 Å². The Morgan fingerprint density at radius 2 is 1.74 bits per heavy atom. The number of para-hydroxylation sites is 1. The fourth-order valence-electron chi connectivity index (χ4n) is 3.76. The molecule has 0 radical (unpaired) electrons. The van der Waals surface area contributed by atoms with Gasteiger partial charge in [-0.3, -0.25) is 4.79 Å². The van der Waals surface area contributed by atoms with Crippen molar-refractivity contribution in [2.24, 2.45) is 0 Å². The van der Waals surface area contributed by atoms with Crippen molar-refractivity contribution in [2.45, 2.75) is 20.0 Å². The van der Waals surface area contributed by atoms with Crippen molar-refractivity contribution in [1.29, 1.82) is 0 Å². The van der Waals surface area contributed by atoms with Crippen molar-refractivity contribution in [2.75, 3.05) is 0 Å². The van der Waals surface area contributed by atoms with E-state index in [2.05, 4.69) is 0 Å². The van der Waals surface area contributed by atoms with Gasteiger partial charge in [0.2, 0.25) is 0 Å². The third-order valence-corrected chi connectivity index (χ3v) is 5.27. The van der Waals surface area contributed by atoms with Crippen LogP contribution in [0.4, 0.5) is 8.78 Å². The number of carboxylic acid groups (broad SMARTS) is 1. The normalized spacial score (nSPS) is 14.1. The van der Waals surface area contributed by atoms with Gasteiger partial charge in [0.05, 0.1) is 6.42 Å². The molecule has 0 amide bonds. The first-order chi connectivity index (χ1) is 14.9. The summed E-state index contributed by atoms with van der Waals surface area (Å²) in [5, 5.41) is 9.24. The highest BCUT2D eigenvalue weighted by Crippen LogP contribution is 2.45. The molecule has 3 nitrogen and oxygen atoms in total. The van der Waals surface area contributed by atoms with Crippen molar-refractivity contribution >= 4 is 23.2 Å². The van der Waals surface area contributed by atoms with Crippen LogP contribution in [0.15, 0.2) is 72.3 Å². The second-order valence-electron chi connectivity index (χ2n) is 7.39. The van der Waals surface area contributed by atoms with Gasteiger partial charge in [0.15, 0.2) is 0 Å². The van der Waals surface area contributed by atoms with E-state index in [9.17, 15) is 18.7 Å². The van der Waals surface area contributed by atoms with E-state index in [1.807, 2.05) is 54.6 Å². The molecule has 0 unspecified atom stereocenters. The van der Waals surface area contributed by atoms with E-state index in [4.69, 9.17) is 4.74 Å². The SMILES string of the molecule is CC1=C(CC(=O)O)c2cc(F)cc(F)c2/C1=C/c1ccc(COc2ccccc2)cc1. The fourth-order valence-corrected chi connectivity index (χ4v) is 3.76. The Hall–Kier alpha value is -3.73. The van der Waals surface area contributed by atoms with Crippen LogP contribution in [0.1, 0.15) is 35.6 Å². The summed E-state index contributed by atoms with van der Waals surface area (Å²) in [6, 6.07) is 19.2. The van der Waals surface area contributed by atoms with E-state index in [0.717, 1.165) is 22.9 Å². The number of benzene rings is 3. The summed E-state index contributed by atoms with van der Waals surface area (Å²) in [7, 11) is 0. The average Bonchev–Trinajstić information content (AvgIpc) is 2.99. The molecule has 0 heterocycles. The topological polar surface area (TPSA) is 46.5 Å². The first-order valence-electron chi connectivity index (χ1n) is 9.82. The highest BCUT2D eigenvalue weighted by molar-refractivity contribution is 6.07. The summed E-state index contributed by atoms with van der Waals surface area (Å²) in [5.41, 5.74) is 3.98. The summed E-state index contributed by atoms with van der Waals surface area (Å²) in [6.45, 7) is 2.16. The molecule has 0 fully saturated rings. The molecular formula is C26H20F2O3. The number of ether oxygens (including phenoxy) is 1. The van der Waals surface area contributed by atoms with Crippen LogP contribution >= 0.6 is 0 Å². The lowest BCUT2D eigenvalue weighted by Crippen LogP contribution is -1.98. The van der Waals surface area contributed by atoms with E-state index >= 15 is 0 Å². The Kier molecular flexibility index (Phi) is 5.67. The number of aliphatic carboxylic acids is 1. The van der Waals surface area contributed by atoms with Crippen molar-refractivity contribution in [3.8, 4) is 5.75 Å². The second kappa shape index (κ2) is 8.56. The van der Waals surface area contributed by atoms with E-state index in [0.29, 0.717) is 28.9 Å². The van der Waals surface area contributed by atoms with Gasteiger partial charge in [-0.05, 0) is 64.6 Å². The van der Waals surface area contributed by atoms with Gasteiger partial charge in [-0.2, -0.15) is 0 Å². The highest BCUT2D eigenvalue weighted by atomic mass is 19.1. The van der Waals surface area contributed by atoms with Gasteiger partial charge >= 0.3 is 5.97 Å². The average molecular weight is 418 g/mol. The largest absolute Gasteiger partial charge is 0.489 e. The minimum absolute atomic E-state index is 0.242. The Bertz CT molecular complexity index is 1190. The number of rotatable bonds is 6. The third kappa shape index (κ3) is 4.40. The van der Waals surface area contributed by atoms with Crippen LogP contribution < -0.4 is 4.74 Å². The lowest BCUT2D eigenvalue weighted by molar-refractivity contribution is -0.135. The molecule has 0 aromatic heterocycles. The molecule has 1 aliphatic rings. The third-order valence-electron chi connectivity index (χ3n) is 5.27. The number of allylic oxidation sites excluding steroid dienone is 2. The zero-order valence-corrected chi connectivity index (χ0v) is 16.9. The Labute approximate surface area is 178 Å². The Morgan fingerprint density at radius 3 is 2.42 bits per heavy atom. The fraction of sp³-hybridized carbons (Fsp3) is 0.115. The van der Waals surface area contributed by atoms with Crippen molar-refractivity contribution in [1.82, 2.24) is 0 Å². The lowest BCUT2D eigenvalue weighted by Gasteiger charge is -2.08. The molecule has 5 heteroatoms. The van der Waals surface area contributed by atoms with E-state index in [1.165, 1.54) is 6.07 Å². The highest BCUT2D eigenvalue weighted by Gasteiger charge is 2.28. The molecule has 4 rings (SSSR count). The molecule has 0 spiro atoms. The van der Waals surface area contributed by atoms with Crippen molar-refractivity contribution < 1.29 is 23.4 Å². The van der Waals surface area contributed by atoms with E-state index in [-0.39, 0.29) is 12.0 Å². The van der Waals surface area contributed by atoms with Crippen molar-refractivity contribution in [3.63, 3.8) is 0 Å². The first kappa shape index (κ1) is 20.5. The first-order valence-corrected chi connectivity index (χ1v) is 9.82. The van der Waals surface area contributed by atoms with Crippen LogP contribution in [0.3, 0.4) is 0 Å². The molecule has 1 N–H and O–H groups in total.